The van der Waals surface area contributed by atoms with Crippen LogP contribution in [0.25, 0.3) is 10.8 Å². The van der Waals surface area contributed by atoms with Crippen LogP contribution in [0.4, 0.5) is 5.69 Å². The summed E-state index contributed by atoms with van der Waals surface area (Å²) in [5, 5.41) is 1.91. The van der Waals surface area contributed by atoms with E-state index in [1.807, 2.05) is 37.3 Å². The summed E-state index contributed by atoms with van der Waals surface area (Å²) < 4.78 is 5.41. The van der Waals surface area contributed by atoms with E-state index in [0.29, 0.717) is 18.0 Å². The number of fused-ring (bicyclic) bond motifs is 3. The van der Waals surface area contributed by atoms with Crippen LogP contribution >= 0.6 is 0 Å². The van der Waals surface area contributed by atoms with Crippen molar-refractivity contribution in [3.05, 3.63) is 59.4 Å². The molecule has 1 N–H and O–H groups in total. The van der Waals surface area contributed by atoms with E-state index in [4.69, 9.17) is 4.74 Å². The van der Waals surface area contributed by atoms with Crippen molar-refractivity contribution < 1.29 is 14.3 Å². The van der Waals surface area contributed by atoms with Gasteiger partial charge in [-0.2, -0.15) is 0 Å². The van der Waals surface area contributed by atoms with Gasteiger partial charge in [0.1, 0.15) is 11.4 Å². The average Bonchev–Trinajstić information content (AvgIpc) is 3.20. The molecule has 0 saturated heterocycles. The molecular weight excluding hydrogens is 316 g/mol. The molecule has 1 aliphatic heterocycles. The van der Waals surface area contributed by atoms with E-state index in [0.717, 1.165) is 34.1 Å². The minimum atomic E-state index is -0.374. The van der Waals surface area contributed by atoms with Gasteiger partial charge in [-0.25, -0.2) is 0 Å². The number of esters is 1. The van der Waals surface area contributed by atoms with Crippen molar-refractivity contribution in [2.24, 2.45) is 0 Å². The normalized spacial score (nSPS) is 13.1. The van der Waals surface area contributed by atoms with Crippen molar-refractivity contribution in [1.82, 2.24) is 4.98 Å². The highest BCUT2D eigenvalue weighted by molar-refractivity contribution is 6.09. The van der Waals surface area contributed by atoms with Gasteiger partial charge < -0.3 is 14.6 Å². The van der Waals surface area contributed by atoms with Crippen molar-refractivity contribution in [2.45, 2.75) is 20.3 Å². The van der Waals surface area contributed by atoms with E-state index in [-0.39, 0.29) is 11.9 Å². The van der Waals surface area contributed by atoms with Crippen LogP contribution in [0.15, 0.2) is 42.5 Å². The Morgan fingerprint density at radius 3 is 2.56 bits per heavy atom. The zero-order valence-corrected chi connectivity index (χ0v) is 14.1. The van der Waals surface area contributed by atoms with E-state index in [1.165, 1.54) is 6.92 Å². The lowest BCUT2D eigenvalue weighted by atomic mass is 10.0. The Balaban J connectivity index is 1.85. The van der Waals surface area contributed by atoms with Crippen molar-refractivity contribution in [2.75, 3.05) is 11.4 Å². The lowest BCUT2D eigenvalue weighted by Gasteiger charge is -2.18. The lowest BCUT2D eigenvalue weighted by molar-refractivity contribution is -0.131. The first-order valence-corrected chi connectivity index (χ1v) is 8.25. The number of hydrogen-bond acceptors (Lipinski definition) is 3. The highest BCUT2D eigenvalue weighted by Gasteiger charge is 2.29. The van der Waals surface area contributed by atoms with Crippen LogP contribution in [0.1, 0.15) is 28.7 Å². The number of carbonyl (C=O) groups excluding carboxylic acids is 2. The van der Waals surface area contributed by atoms with Gasteiger partial charge in [0.2, 0.25) is 0 Å². The molecule has 4 rings (SSSR count). The molecule has 1 amide bonds. The van der Waals surface area contributed by atoms with Crippen LogP contribution in [0.3, 0.4) is 0 Å². The van der Waals surface area contributed by atoms with E-state index in [1.54, 1.807) is 17.0 Å². The smallest absolute Gasteiger partial charge is 0.308 e. The molecule has 0 unspecified atom stereocenters. The maximum absolute atomic E-state index is 12.9. The van der Waals surface area contributed by atoms with Gasteiger partial charge >= 0.3 is 5.97 Å². The van der Waals surface area contributed by atoms with Crippen LogP contribution in [-0.2, 0) is 11.2 Å². The number of carbonyl (C=O) groups is 2. The molecule has 0 aliphatic carbocycles. The molecule has 1 aliphatic rings. The molecule has 5 nitrogen and oxygen atoms in total. The molecular formula is C20H18N2O3. The Hall–Kier alpha value is -3.08. The second-order valence-electron chi connectivity index (χ2n) is 6.27. The van der Waals surface area contributed by atoms with Gasteiger partial charge in [-0.15, -0.1) is 0 Å². The van der Waals surface area contributed by atoms with Crippen molar-refractivity contribution in [1.29, 1.82) is 0 Å². The SMILES string of the molecule is CC(=O)Oc1cc2c(c3ccccc13)CCN2C(=O)c1ccc(C)[nH]1. The van der Waals surface area contributed by atoms with Crippen LogP contribution < -0.4 is 9.64 Å². The van der Waals surface area contributed by atoms with Gasteiger partial charge in [0.15, 0.2) is 0 Å². The number of nitrogens with zero attached hydrogens (tertiary/aromatic N) is 1. The average molecular weight is 334 g/mol. The van der Waals surface area contributed by atoms with Gasteiger partial charge in [0.25, 0.3) is 5.91 Å². The maximum Gasteiger partial charge on any atom is 0.308 e. The maximum atomic E-state index is 12.9. The molecule has 0 fully saturated rings. The van der Waals surface area contributed by atoms with Crippen molar-refractivity contribution in [3.8, 4) is 5.75 Å². The monoisotopic (exact) mass is 334 g/mol. The van der Waals surface area contributed by atoms with Crippen LogP contribution in [0.5, 0.6) is 5.75 Å². The Bertz CT molecular complexity index is 1000. The minimum Gasteiger partial charge on any atom is -0.426 e. The Kier molecular flexibility index (Phi) is 3.57. The second-order valence-corrected chi connectivity index (χ2v) is 6.27. The summed E-state index contributed by atoms with van der Waals surface area (Å²) in [5.74, 6) is 0.0427. The van der Waals surface area contributed by atoms with Crippen molar-refractivity contribution >= 4 is 28.3 Å². The molecule has 2 aromatic carbocycles. The standard InChI is InChI=1S/C20H18N2O3/c1-12-7-8-17(21-12)20(24)22-10-9-15-14-5-3-4-6-16(14)19(11-18(15)22)25-13(2)23/h3-8,11,21H,9-10H2,1-2H3. The van der Waals surface area contributed by atoms with Gasteiger partial charge in [0.05, 0.1) is 5.69 Å². The van der Waals surface area contributed by atoms with E-state index in [2.05, 4.69) is 4.98 Å². The molecule has 3 aromatic rings. The number of anilines is 1. The molecule has 0 atom stereocenters. The highest BCUT2D eigenvalue weighted by atomic mass is 16.5. The third-order valence-electron chi connectivity index (χ3n) is 4.53. The molecule has 0 spiro atoms. The lowest BCUT2D eigenvalue weighted by Crippen LogP contribution is -2.29. The van der Waals surface area contributed by atoms with E-state index >= 15 is 0 Å². The minimum absolute atomic E-state index is 0.0732. The summed E-state index contributed by atoms with van der Waals surface area (Å²) in [6.45, 7) is 3.91. The zero-order chi connectivity index (χ0) is 17.6. The fourth-order valence-corrected chi connectivity index (χ4v) is 3.46. The van der Waals surface area contributed by atoms with E-state index in [9.17, 15) is 9.59 Å². The molecule has 5 heteroatoms. The third-order valence-corrected chi connectivity index (χ3v) is 4.53. The second kappa shape index (κ2) is 5.77. The number of H-pyrrole nitrogens is 1. The molecule has 0 saturated carbocycles. The number of aromatic amines is 1. The molecule has 0 bridgehead atoms. The van der Waals surface area contributed by atoms with Crippen LogP contribution in [0.2, 0.25) is 0 Å². The molecule has 25 heavy (non-hydrogen) atoms. The number of aryl methyl sites for hydroxylation is 1. The fourth-order valence-electron chi connectivity index (χ4n) is 3.46. The fraction of sp³-hybridized carbons (Fsp3) is 0.200. The first kappa shape index (κ1) is 15.4. The van der Waals surface area contributed by atoms with E-state index < -0.39 is 0 Å². The number of benzene rings is 2. The number of nitrogens with one attached hydrogen (secondary N) is 1. The summed E-state index contributed by atoms with van der Waals surface area (Å²) in [6.07, 6.45) is 0.779. The summed E-state index contributed by atoms with van der Waals surface area (Å²) in [5.41, 5.74) is 3.43. The Morgan fingerprint density at radius 1 is 1.12 bits per heavy atom. The van der Waals surface area contributed by atoms with Gasteiger partial charge in [-0.05, 0) is 36.4 Å². The number of aromatic nitrogens is 1. The highest BCUT2D eigenvalue weighted by Crippen LogP contribution is 2.40. The first-order chi connectivity index (χ1) is 12.0. The van der Waals surface area contributed by atoms with Crippen LogP contribution in [0, 0.1) is 6.92 Å². The topological polar surface area (TPSA) is 62.4 Å². The van der Waals surface area contributed by atoms with Gasteiger partial charge in [0, 0.05) is 30.6 Å². The molecule has 2 heterocycles. The van der Waals surface area contributed by atoms with Gasteiger partial charge in [-0.1, -0.05) is 24.3 Å². The number of amides is 1. The molecule has 1 aromatic heterocycles. The summed E-state index contributed by atoms with van der Waals surface area (Å²) in [4.78, 5) is 29.2. The first-order valence-electron chi connectivity index (χ1n) is 8.25. The molecule has 126 valence electrons. The van der Waals surface area contributed by atoms with Crippen molar-refractivity contribution in [3.63, 3.8) is 0 Å². The zero-order valence-electron chi connectivity index (χ0n) is 14.1. The largest absolute Gasteiger partial charge is 0.426 e. The third kappa shape index (κ3) is 2.58. The predicted molar refractivity (Wildman–Crippen MR) is 96.2 cm³/mol. The summed E-state index contributed by atoms with van der Waals surface area (Å²) in [7, 11) is 0. The van der Waals surface area contributed by atoms with Gasteiger partial charge in [-0.3, -0.25) is 9.59 Å². The predicted octanol–water partition coefficient (Wildman–Crippen LogP) is 3.60. The number of rotatable bonds is 2. The van der Waals surface area contributed by atoms with Crippen LogP contribution in [-0.4, -0.2) is 23.4 Å². The Morgan fingerprint density at radius 2 is 1.88 bits per heavy atom. The number of hydrogen-bond donors (Lipinski definition) is 1. The quantitative estimate of drug-likeness (QED) is 0.575. The summed E-state index contributed by atoms with van der Waals surface area (Å²) in [6, 6.07) is 13.3. The number of ether oxygens (including phenoxy) is 1. The Labute approximate surface area is 145 Å². The molecule has 0 radical (unpaired) electrons. The summed E-state index contributed by atoms with van der Waals surface area (Å²) >= 11 is 0.